The van der Waals surface area contributed by atoms with Crippen molar-refractivity contribution in [3.63, 3.8) is 0 Å². The van der Waals surface area contributed by atoms with Crippen LogP contribution in [0.5, 0.6) is 0 Å². The quantitative estimate of drug-likeness (QED) is 0.809. The highest BCUT2D eigenvalue weighted by Gasteiger charge is 2.09. The van der Waals surface area contributed by atoms with Gasteiger partial charge in [-0.3, -0.25) is 4.72 Å². The maximum absolute atomic E-state index is 11.6. The first kappa shape index (κ1) is 16.5. The summed E-state index contributed by atoms with van der Waals surface area (Å²) in [7, 11) is -3.35. The summed E-state index contributed by atoms with van der Waals surface area (Å²) in [5.41, 5.74) is 0.943. The molecule has 8 heteroatoms. The zero-order chi connectivity index (χ0) is 16.0. The zero-order valence-electron chi connectivity index (χ0n) is 12.1. The lowest BCUT2D eigenvalue weighted by molar-refractivity contribution is 0.599. The van der Waals surface area contributed by atoms with Crippen molar-refractivity contribution >= 4 is 33.3 Å². The van der Waals surface area contributed by atoms with Crippen molar-refractivity contribution < 1.29 is 8.42 Å². The molecule has 2 N–H and O–H groups in total. The van der Waals surface area contributed by atoms with Crippen LogP contribution in [-0.4, -0.2) is 24.4 Å². The van der Waals surface area contributed by atoms with Crippen LogP contribution in [0.4, 0.5) is 11.6 Å². The minimum atomic E-state index is -3.35. The molecular formula is C14H17ClN4O2S. The van der Waals surface area contributed by atoms with Crippen molar-refractivity contribution in [2.45, 2.75) is 19.9 Å². The van der Waals surface area contributed by atoms with Gasteiger partial charge in [0.15, 0.2) is 5.82 Å². The lowest BCUT2D eigenvalue weighted by atomic mass is 10.2. The lowest BCUT2D eigenvalue weighted by Crippen LogP contribution is -2.17. The molecule has 1 aromatic carbocycles. The predicted octanol–water partition coefficient (Wildman–Crippen LogP) is 2.89. The van der Waals surface area contributed by atoms with Crippen LogP contribution in [0.25, 0.3) is 0 Å². The van der Waals surface area contributed by atoms with E-state index < -0.39 is 10.0 Å². The van der Waals surface area contributed by atoms with Gasteiger partial charge in [-0.25, -0.2) is 8.42 Å². The number of nitrogens with zero attached hydrogens (tertiary/aromatic N) is 2. The summed E-state index contributed by atoms with van der Waals surface area (Å²) in [6.45, 7) is 2.31. The Morgan fingerprint density at radius 3 is 2.41 bits per heavy atom. The van der Waals surface area contributed by atoms with Gasteiger partial charge < -0.3 is 5.32 Å². The summed E-state index contributed by atoms with van der Waals surface area (Å²) in [6, 6.07) is 10.7. The van der Waals surface area contributed by atoms with Crippen LogP contribution < -0.4 is 10.0 Å². The summed E-state index contributed by atoms with van der Waals surface area (Å²) < 4.78 is 25.6. The third kappa shape index (κ3) is 4.85. The van der Waals surface area contributed by atoms with Gasteiger partial charge in [-0.2, -0.15) is 0 Å². The molecular weight excluding hydrogens is 324 g/mol. The van der Waals surface area contributed by atoms with E-state index in [1.807, 2.05) is 24.3 Å². The second kappa shape index (κ2) is 7.42. The monoisotopic (exact) mass is 340 g/mol. The highest BCUT2D eigenvalue weighted by atomic mass is 35.5. The molecule has 0 aliphatic rings. The van der Waals surface area contributed by atoms with E-state index in [1.165, 1.54) is 0 Å². The number of halogens is 1. The number of aromatic nitrogens is 2. The highest BCUT2D eigenvalue weighted by molar-refractivity contribution is 7.92. The lowest BCUT2D eigenvalue weighted by Gasteiger charge is -2.08. The summed E-state index contributed by atoms with van der Waals surface area (Å²) in [6.07, 6.45) is 0.542. The van der Waals surface area contributed by atoms with Crippen molar-refractivity contribution in [1.82, 2.24) is 10.2 Å². The van der Waals surface area contributed by atoms with Crippen LogP contribution in [-0.2, 0) is 16.6 Å². The van der Waals surface area contributed by atoms with Gasteiger partial charge in [0.2, 0.25) is 10.0 Å². The third-order valence-electron chi connectivity index (χ3n) is 2.82. The van der Waals surface area contributed by atoms with Crippen molar-refractivity contribution in [3.05, 3.63) is 47.0 Å². The molecule has 0 saturated carbocycles. The predicted molar refractivity (Wildman–Crippen MR) is 88.5 cm³/mol. The molecule has 0 atom stereocenters. The normalized spacial score (nSPS) is 11.2. The van der Waals surface area contributed by atoms with Crippen LogP contribution in [0.2, 0.25) is 5.02 Å². The Bertz CT molecular complexity index is 720. The van der Waals surface area contributed by atoms with Crippen molar-refractivity contribution in [2.24, 2.45) is 0 Å². The number of rotatable bonds is 7. The fourth-order valence-corrected chi connectivity index (χ4v) is 3.06. The molecule has 0 bridgehead atoms. The second-order valence-electron chi connectivity index (χ2n) is 4.67. The van der Waals surface area contributed by atoms with Crippen LogP contribution in [0.15, 0.2) is 36.4 Å². The van der Waals surface area contributed by atoms with E-state index in [0.29, 0.717) is 23.8 Å². The van der Waals surface area contributed by atoms with E-state index in [1.54, 1.807) is 19.1 Å². The molecule has 0 amide bonds. The fraction of sp³-hybridized carbons (Fsp3) is 0.286. The van der Waals surface area contributed by atoms with Crippen LogP contribution in [0.3, 0.4) is 0 Å². The molecule has 6 nitrogen and oxygen atoms in total. The van der Waals surface area contributed by atoms with E-state index in [-0.39, 0.29) is 11.6 Å². The van der Waals surface area contributed by atoms with Crippen LogP contribution in [0, 0.1) is 0 Å². The Morgan fingerprint density at radius 2 is 1.77 bits per heavy atom. The standard InChI is InChI=1S/C14H17ClN4O2S/c1-2-9-22(20,21)19-14-8-7-13(17-18-14)16-10-11-5-3-4-6-12(11)15/h3-8H,2,9-10H2,1H3,(H,16,17)(H,18,19). The number of hydrogen-bond donors (Lipinski definition) is 2. The van der Waals surface area contributed by atoms with Gasteiger partial charge in [0.25, 0.3) is 0 Å². The molecule has 0 aliphatic heterocycles. The number of sulfonamides is 1. The van der Waals surface area contributed by atoms with Gasteiger partial charge in [0.1, 0.15) is 5.82 Å². The average Bonchev–Trinajstić information content (AvgIpc) is 2.47. The zero-order valence-corrected chi connectivity index (χ0v) is 13.7. The maximum atomic E-state index is 11.6. The first-order chi connectivity index (χ1) is 10.5. The molecule has 0 fully saturated rings. The van der Waals surface area contributed by atoms with E-state index >= 15 is 0 Å². The minimum Gasteiger partial charge on any atom is -0.364 e. The van der Waals surface area contributed by atoms with Gasteiger partial charge in [0, 0.05) is 11.6 Å². The van der Waals surface area contributed by atoms with Gasteiger partial charge in [-0.05, 0) is 30.2 Å². The van der Waals surface area contributed by atoms with E-state index in [4.69, 9.17) is 11.6 Å². The number of hydrogen-bond acceptors (Lipinski definition) is 5. The molecule has 1 heterocycles. The van der Waals surface area contributed by atoms with Crippen molar-refractivity contribution in [2.75, 3.05) is 15.8 Å². The molecule has 0 unspecified atom stereocenters. The Morgan fingerprint density at radius 1 is 1.09 bits per heavy atom. The van der Waals surface area contributed by atoms with E-state index in [9.17, 15) is 8.42 Å². The topological polar surface area (TPSA) is 84.0 Å². The van der Waals surface area contributed by atoms with Gasteiger partial charge in [-0.15, -0.1) is 10.2 Å². The Kier molecular flexibility index (Phi) is 5.57. The molecule has 0 aliphatic carbocycles. The SMILES string of the molecule is CCCS(=O)(=O)Nc1ccc(NCc2ccccc2Cl)nn1. The number of anilines is 2. The summed E-state index contributed by atoms with van der Waals surface area (Å²) >= 11 is 6.07. The molecule has 2 aromatic rings. The fourth-order valence-electron chi connectivity index (χ4n) is 1.79. The smallest absolute Gasteiger partial charge is 0.233 e. The van der Waals surface area contributed by atoms with E-state index in [2.05, 4.69) is 20.2 Å². The molecule has 118 valence electrons. The highest BCUT2D eigenvalue weighted by Crippen LogP contribution is 2.16. The Labute approximate surface area is 135 Å². The van der Waals surface area contributed by atoms with Crippen molar-refractivity contribution in [1.29, 1.82) is 0 Å². The molecule has 0 saturated heterocycles. The first-order valence-corrected chi connectivity index (χ1v) is 8.84. The van der Waals surface area contributed by atoms with Gasteiger partial charge in [-0.1, -0.05) is 36.7 Å². The minimum absolute atomic E-state index is 0.0567. The Hall–Kier alpha value is -1.86. The maximum Gasteiger partial charge on any atom is 0.233 e. The van der Waals surface area contributed by atoms with Crippen molar-refractivity contribution in [3.8, 4) is 0 Å². The van der Waals surface area contributed by atoms with Crippen LogP contribution in [0.1, 0.15) is 18.9 Å². The second-order valence-corrected chi connectivity index (χ2v) is 6.92. The summed E-state index contributed by atoms with van der Waals surface area (Å²) in [4.78, 5) is 0. The Balaban J connectivity index is 1.96. The summed E-state index contributed by atoms with van der Waals surface area (Å²) in [5.74, 6) is 0.802. The third-order valence-corrected chi connectivity index (χ3v) is 4.65. The van der Waals surface area contributed by atoms with Gasteiger partial charge >= 0.3 is 0 Å². The van der Waals surface area contributed by atoms with E-state index in [0.717, 1.165) is 5.56 Å². The van der Waals surface area contributed by atoms with Gasteiger partial charge in [0.05, 0.1) is 5.75 Å². The molecule has 1 aromatic heterocycles. The van der Waals surface area contributed by atoms with Crippen LogP contribution >= 0.6 is 11.6 Å². The first-order valence-electron chi connectivity index (χ1n) is 6.81. The molecule has 22 heavy (non-hydrogen) atoms. The number of nitrogens with one attached hydrogen (secondary N) is 2. The average molecular weight is 341 g/mol. The largest absolute Gasteiger partial charge is 0.364 e. The number of benzene rings is 1. The summed E-state index contributed by atoms with van der Waals surface area (Å²) in [5, 5.41) is 11.5. The molecule has 0 spiro atoms. The molecule has 2 rings (SSSR count). The molecule has 0 radical (unpaired) electrons.